The van der Waals surface area contributed by atoms with Crippen LogP contribution in [0.5, 0.6) is 0 Å². The van der Waals surface area contributed by atoms with Crippen molar-refractivity contribution in [3.05, 3.63) is 70.9 Å². The van der Waals surface area contributed by atoms with E-state index < -0.39 is 0 Å². The molecule has 0 radical (unpaired) electrons. The lowest BCUT2D eigenvalue weighted by Gasteiger charge is -2.36. The molecule has 3 heterocycles. The molecular formula is C25H29N7O2S. The first-order valence-electron chi connectivity index (χ1n) is 11.4. The van der Waals surface area contributed by atoms with Gasteiger partial charge in [0.15, 0.2) is 5.76 Å². The molecule has 10 heteroatoms. The van der Waals surface area contributed by atoms with Crippen molar-refractivity contribution in [2.75, 3.05) is 36.8 Å². The summed E-state index contributed by atoms with van der Waals surface area (Å²) in [6, 6.07) is 11.4. The van der Waals surface area contributed by atoms with Crippen molar-refractivity contribution in [2.24, 2.45) is 4.99 Å². The molecule has 1 amide bonds. The number of aromatic nitrogens is 2. The monoisotopic (exact) mass is 491 g/mol. The first-order valence-corrected chi connectivity index (χ1v) is 11.8. The largest absolute Gasteiger partial charge is 0.459 e. The van der Waals surface area contributed by atoms with Crippen LogP contribution in [0.2, 0.25) is 0 Å². The SMILES string of the molecule is Cc1ccc(NC(=S)/N=C(/Nc2nc(C)cc(C)n2)N2CCN(C(=O)c3ccco3)CC2)c(C)c1. The van der Waals surface area contributed by atoms with Gasteiger partial charge in [-0.05, 0) is 69.7 Å². The summed E-state index contributed by atoms with van der Waals surface area (Å²) in [5.41, 5.74) is 4.87. The van der Waals surface area contributed by atoms with E-state index in [4.69, 9.17) is 16.6 Å². The van der Waals surface area contributed by atoms with Crippen molar-refractivity contribution in [2.45, 2.75) is 27.7 Å². The Morgan fingerprint density at radius 3 is 2.29 bits per heavy atom. The molecule has 1 aromatic carbocycles. The van der Waals surface area contributed by atoms with E-state index in [2.05, 4.69) is 38.6 Å². The number of carbonyl (C=O) groups is 1. The predicted molar refractivity (Wildman–Crippen MR) is 141 cm³/mol. The number of guanidine groups is 1. The summed E-state index contributed by atoms with van der Waals surface area (Å²) in [6.45, 7) is 10.1. The molecule has 9 nitrogen and oxygen atoms in total. The van der Waals surface area contributed by atoms with Crippen LogP contribution in [-0.4, -0.2) is 62.9 Å². The Morgan fingerprint density at radius 1 is 0.971 bits per heavy atom. The van der Waals surface area contributed by atoms with Gasteiger partial charge in [0.2, 0.25) is 17.0 Å². The summed E-state index contributed by atoms with van der Waals surface area (Å²) in [4.78, 5) is 30.1. The second-order valence-electron chi connectivity index (χ2n) is 8.54. The summed E-state index contributed by atoms with van der Waals surface area (Å²) in [7, 11) is 0. The number of carbonyl (C=O) groups excluding carboxylic acids is 1. The number of aliphatic imine (C=N–C) groups is 1. The smallest absolute Gasteiger partial charge is 0.289 e. The number of amides is 1. The maximum Gasteiger partial charge on any atom is 0.289 e. The normalized spacial score (nSPS) is 14.1. The molecule has 1 fully saturated rings. The molecule has 0 unspecified atom stereocenters. The number of furan rings is 1. The highest BCUT2D eigenvalue weighted by Crippen LogP contribution is 2.17. The van der Waals surface area contributed by atoms with Gasteiger partial charge in [0.25, 0.3) is 5.91 Å². The van der Waals surface area contributed by atoms with E-state index >= 15 is 0 Å². The van der Waals surface area contributed by atoms with E-state index in [9.17, 15) is 4.79 Å². The molecule has 35 heavy (non-hydrogen) atoms. The lowest BCUT2D eigenvalue weighted by atomic mass is 10.1. The summed E-state index contributed by atoms with van der Waals surface area (Å²) in [6.07, 6.45) is 1.51. The van der Waals surface area contributed by atoms with Crippen LogP contribution in [0.15, 0.2) is 52.1 Å². The van der Waals surface area contributed by atoms with E-state index in [0.717, 1.165) is 22.6 Å². The fraction of sp³-hybridized carbons (Fsp3) is 0.320. The van der Waals surface area contributed by atoms with Gasteiger partial charge in [-0.1, -0.05) is 17.7 Å². The maximum absolute atomic E-state index is 12.7. The molecule has 0 aliphatic carbocycles. The zero-order chi connectivity index (χ0) is 24.9. The van der Waals surface area contributed by atoms with Crippen LogP contribution in [0.1, 0.15) is 33.1 Å². The van der Waals surface area contributed by atoms with Crippen molar-refractivity contribution >= 4 is 40.8 Å². The molecule has 1 aliphatic heterocycles. The van der Waals surface area contributed by atoms with Gasteiger partial charge in [0.1, 0.15) is 0 Å². The predicted octanol–water partition coefficient (Wildman–Crippen LogP) is 3.93. The summed E-state index contributed by atoms with van der Waals surface area (Å²) >= 11 is 5.58. The summed E-state index contributed by atoms with van der Waals surface area (Å²) in [5, 5.41) is 6.78. The highest BCUT2D eigenvalue weighted by atomic mass is 32.1. The van der Waals surface area contributed by atoms with Gasteiger partial charge in [-0.15, -0.1) is 0 Å². The Balaban J connectivity index is 1.53. The molecule has 1 saturated heterocycles. The third-order valence-electron chi connectivity index (χ3n) is 5.64. The van der Waals surface area contributed by atoms with Crippen molar-refractivity contribution in [3.63, 3.8) is 0 Å². The van der Waals surface area contributed by atoms with Crippen molar-refractivity contribution < 1.29 is 9.21 Å². The molecule has 182 valence electrons. The first kappa shape index (κ1) is 24.3. The number of rotatable bonds is 3. The third-order valence-corrected chi connectivity index (χ3v) is 5.83. The van der Waals surface area contributed by atoms with Crippen LogP contribution in [-0.2, 0) is 0 Å². The second-order valence-corrected chi connectivity index (χ2v) is 8.93. The summed E-state index contributed by atoms with van der Waals surface area (Å²) < 4.78 is 5.27. The van der Waals surface area contributed by atoms with Crippen LogP contribution in [0.3, 0.4) is 0 Å². The Kier molecular flexibility index (Phi) is 7.40. The number of hydrogen-bond donors (Lipinski definition) is 2. The van der Waals surface area contributed by atoms with Crippen LogP contribution < -0.4 is 10.6 Å². The Labute approximate surface area is 210 Å². The van der Waals surface area contributed by atoms with E-state index in [-0.39, 0.29) is 5.91 Å². The second kappa shape index (κ2) is 10.6. The minimum absolute atomic E-state index is 0.120. The van der Waals surface area contributed by atoms with Crippen LogP contribution in [0.4, 0.5) is 11.6 Å². The Morgan fingerprint density at radius 2 is 1.66 bits per heavy atom. The number of anilines is 2. The van der Waals surface area contributed by atoms with E-state index in [1.165, 1.54) is 11.8 Å². The van der Waals surface area contributed by atoms with Gasteiger partial charge in [-0.25, -0.2) is 9.97 Å². The molecule has 0 saturated carbocycles. The van der Waals surface area contributed by atoms with Crippen molar-refractivity contribution in [1.29, 1.82) is 0 Å². The molecule has 0 spiro atoms. The number of thiocarbonyl (C=S) groups is 1. The quantitative estimate of drug-likeness (QED) is 0.323. The van der Waals surface area contributed by atoms with Gasteiger partial charge in [0.05, 0.1) is 6.26 Å². The number of piperazine rings is 1. The molecule has 2 N–H and O–H groups in total. The van der Waals surface area contributed by atoms with E-state index in [1.807, 2.05) is 43.9 Å². The van der Waals surface area contributed by atoms with Crippen LogP contribution >= 0.6 is 12.2 Å². The highest BCUT2D eigenvalue weighted by Gasteiger charge is 2.26. The Bertz CT molecular complexity index is 1230. The molecule has 4 rings (SSSR count). The number of aryl methyl sites for hydroxylation is 4. The van der Waals surface area contributed by atoms with Crippen molar-refractivity contribution in [1.82, 2.24) is 19.8 Å². The van der Waals surface area contributed by atoms with Crippen LogP contribution in [0.25, 0.3) is 0 Å². The zero-order valence-corrected chi connectivity index (χ0v) is 21.1. The zero-order valence-electron chi connectivity index (χ0n) is 20.3. The standard InChI is InChI=1S/C25H29N7O2S/c1-16-7-8-20(17(2)14-16)28-25(35)30-24(29-23-26-18(3)15-19(4)27-23)32-11-9-31(10-12-32)22(33)21-6-5-13-34-21/h5-8,13-15H,9-12H2,1-4H3,(H2,26,27,28,29,30,35). The topological polar surface area (TPSA) is 98.9 Å². The van der Waals surface area contributed by atoms with Crippen LogP contribution in [0, 0.1) is 27.7 Å². The van der Waals surface area contributed by atoms with Gasteiger partial charge < -0.3 is 19.5 Å². The summed E-state index contributed by atoms with van der Waals surface area (Å²) in [5.74, 6) is 1.20. The molecule has 2 aromatic heterocycles. The first-order chi connectivity index (χ1) is 16.8. The molecule has 1 aliphatic rings. The number of hydrogen-bond acceptors (Lipinski definition) is 5. The Hall–Kier alpha value is -3.79. The van der Waals surface area contributed by atoms with Gasteiger partial charge >= 0.3 is 0 Å². The van der Waals surface area contributed by atoms with Gasteiger partial charge in [0, 0.05) is 43.3 Å². The molecular weight excluding hydrogens is 462 g/mol. The van der Waals surface area contributed by atoms with Gasteiger partial charge in [-0.3, -0.25) is 10.1 Å². The highest BCUT2D eigenvalue weighted by molar-refractivity contribution is 7.80. The average Bonchev–Trinajstić information content (AvgIpc) is 3.34. The number of nitrogens with zero attached hydrogens (tertiary/aromatic N) is 5. The third kappa shape index (κ3) is 6.21. The average molecular weight is 492 g/mol. The maximum atomic E-state index is 12.7. The number of benzene rings is 1. The molecule has 3 aromatic rings. The minimum atomic E-state index is -0.120. The molecule has 0 bridgehead atoms. The van der Waals surface area contributed by atoms with E-state index in [0.29, 0.717) is 49.0 Å². The fourth-order valence-corrected chi connectivity index (χ4v) is 4.13. The van der Waals surface area contributed by atoms with Crippen molar-refractivity contribution in [3.8, 4) is 0 Å². The lowest BCUT2D eigenvalue weighted by Crippen LogP contribution is -2.52. The molecule has 0 atom stereocenters. The van der Waals surface area contributed by atoms with E-state index in [1.54, 1.807) is 17.0 Å². The minimum Gasteiger partial charge on any atom is -0.459 e. The lowest BCUT2D eigenvalue weighted by molar-refractivity contribution is 0.0660. The van der Waals surface area contributed by atoms with Gasteiger partial charge in [-0.2, -0.15) is 4.99 Å². The number of nitrogens with one attached hydrogen (secondary N) is 2. The fourth-order valence-electron chi connectivity index (χ4n) is 3.93.